The smallest absolute Gasteiger partial charge is 0.384 e. The minimum atomic E-state index is -1.36. The number of aromatic nitrogens is 2. The summed E-state index contributed by atoms with van der Waals surface area (Å²) < 4.78 is 0.686. The van der Waals surface area contributed by atoms with E-state index in [1.54, 1.807) is 0 Å². The molecule has 2 aromatic rings. The summed E-state index contributed by atoms with van der Waals surface area (Å²) in [6.45, 7) is -0.594. The molecule has 0 aliphatic heterocycles. The van der Waals surface area contributed by atoms with E-state index in [2.05, 4.69) is 4.84 Å². The second-order valence-corrected chi connectivity index (χ2v) is 4.06. The van der Waals surface area contributed by atoms with Crippen molar-refractivity contribution < 1.29 is 29.7 Å². The average Bonchev–Trinajstić information content (AvgIpc) is 2.80. The molecule has 0 saturated carbocycles. The fourth-order valence-corrected chi connectivity index (χ4v) is 1.68. The van der Waals surface area contributed by atoms with Crippen molar-refractivity contribution in [2.24, 2.45) is 5.73 Å². The molecule has 0 fully saturated rings. The van der Waals surface area contributed by atoms with Gasteiger partial charge in [0.05, 0.1) is 6.54 Å². The number of pyridine rings is 1. The number of carbonyl (C=O) groups excluding carboxylic acids is 2. The second-order valence-electron chi connectivity index (χ2n) is 4.06. The first-order valence-corrected chi connectivity index (χ1v) is 5.87. The highest BCUT2D eigenvalue weighted by molar-refractivity contribution is 5.96. The van der Waals surface area contributed by atoms with Gasteiger partial charge < -0.3 is 25.9 Å². The maximum atomic E-state index is 12.1. The molecule has 0 radical (unpaired) electrons. The van der Waals surface area contributed by atoms with Crippen molar-refractivity contribution in [2.45, 2.75) is 0 Å². The van der Waals surface area contributed by atoms with Gasteiger partial charge >= 0.3 is 5.97 Å². The fraction of sp³-hybridized carbons (Fsp3) is 0.0833. The molecule has 2 heterocycles. The molecule has 0 aromatic carbocycles. The topological polar surface area (TPSA) is 157 Å². The third-order valence-electron chi connectivity index (χ3n) is 2.66. The lowest BCUT2D eigenvalue weighted by Crippen LogP contribution is -2.36. The molecule has 22 heavy (non-hydrogen) atoms. The van der Waals surface area contributed by atoms with Crippen molar-refractivity contribution in [3.8, 4) is 17.5 Å². The Hall–Kier alpha value is -3.27. The van der Waals surface area contributed by atoms with E-state index in [9.17, 15) is 29.7 Å². The van der Waals surface area contributed by atoms with Gasteiger partial charge in [0.1, 0.15) is 5.75 Å². The third kappa shape index (κ3) is 2.50. The highest BCUT2D eigenvalue weighted by atomic mass is 16.7. The van der Waals surface area contributed by atoms with Crippen LogP contribution in [-0.2, 0) is 0 Å². The van der Waals surface area contributed by atoms with Crippen LogP contribution in [0, 0.1) is 0 Å². The zero-order valence-corrected chi connectivity index (χ0v) is 11.0. The molecule has 2 rings (SSSR count). The highest BCUT2D eigenvalue weighted by Crippen LogP contribution is 2.21. The number of nitrogens with two attached hydrogens (primary N) is 1. The fourth-order valence-electron chi connectivity index (χ4n) is 1.68. The van der Waals surface area contributed by atoms with Crippen LogP contribution in [0.4, 0.5) is 0 Å². The lowest BCUT2D eigenvalue weighted by Gasteiger charge is -2.12. The van der Waals surface area contributed by atoms with E-state index in [-0.39, 0.29) is 0 Å². The second kappa shape index (κ2) is 5.61. The number of rotatable bonds is 3. The molecule has 0 saturated heterocycles. The Morgan fingerprint density at radius 3 is 2.23 bits per heavy atom. The minimum Gasteiger partial charge on any atom is -0.505 e. The van der Waals surface area contributed by atoms with Gasteiger partial charge in [-0.2, -0.15) is 0 Å². The third-order valence-corrected chi connectivity index (χ3v) is 2.66. The van der Waals surface area contributed by atoms with Gasteiger partial charge in [-0.25, -0.2) is 9.36 Å². The van der Waals surface area contributed by atoms with Gasteiger partial charge in [0, 0.05) is 18.2 Å². The number of hydrogen-bond acceptors (Lipinski definition) is 8. The van der Waals surface area contributed by atoms with E-state index in [0.717, 1.165) is 24.3 Å². The zero-order chi connectivity index (χ0) is 16.4. The van der Waals surface area contributed by atoms with E-state index >= 15 is 0 Å². The van der Waals surface area contributed by atoms with Gasteiger partial charge in [-0.1, -0.05) is 0 Å². The van der Waals surface area contributed by atoms with Crippen LogP contribution in [0.1, 0.15) is 15.3 Å². The van der Waals surface area contributed by atoms with E-state index in [1.165, 1.54) is 0 Å². The van der Waals surface area contributed by atoms with Crippen molar-refractivity contribution in [2.75, 3.05) is 6.54 Å². The van der Waals surface area contributed by atoms with Crippen molar-refractivity contribution in [1.82, 2.24) is 9.30 Å². The van der Waals surface area contributed by atoms with E-state index in [0.29, 0.717) is 9.30 Å². The van der Waals surface area contributed by atoms with Crippen LogP contribution in [0.25, 0.3) is 0 Å². The number of nitrogens with zero attached hydrogens (tertiary/aromatic N) is 2. The molecule has 0 unspecified atom stereocenters. The van der Waals surface area contributed by atoms with Crippen molar-refractivity contribution in [3.63, 3.8) is 0 Å². The molecule has 116 valence electrons. The number of carbonyl (C=O) groups is 2. The Bertz CT molecular complexity index is 786. The van der Waals surface area contributed by atoms with Crippen LogP contribution in [-0.4, -0.2) is 43.0 Å². The first-order valence-electron chi connectivity index (χ1n) is 5.87. The first-order chi connectivity index (χ1) is 10.4. The SMILES string of the molecule is NCC(=O)n1c(C(=O)On2c(O)ccc2O)c(O)ccc1=O. The van der Waals surface area contributed by atoms with Gasteiger partial charge in [-0.3, -0.25) is 9.59 Å². The van der Waals surface area contributed by atoms with Crippen LogP contribution in [0.2, 0.25) is 0 Å². The summed E-state index contributed by atoms with van der Waals surface area (Å²) in [6.07, 6.45) is 0. The van der Waals surface area contributed by atoms with Crippen LogP contribution in [0.15, 0.2) is 29.1 Å². The molecular weight excluding hydrogens is 298 g/mol. The van der Waals surface area contributed by atoms with Gasteiger partial charge in [-0.05, 0) is 6.07 Å². The van der Waals surface area contributed by atoms with E-state index in [4.69, 9.17) is 5.73 Å². The largest absolute Gasteiger partial charge is 0.505 e. The number of hydrogen-bond donors (Lipinski definition) is 4. The van der Waals surface area contributed by atoms with Crippen molar-refractivity contribution in [3.05, 3.63) is 40.3 Å². The summed E-state index contributed by atoms with van der Waals surface area (Å²) in [4.78, 5) is 40.0. The van der Waals surface area contributed by atoms with E-state index < -0.39 is 47.2 Å². The maximum Gasteiger partial charge on any atom is 0.384 e. The molecule has 0 bridgehead atoms. The summed E-state index contributed by atoms with van der Waals surface area (Å²) in [6, 6.07) is 3.83. The Morgan fingerprint density at radius 1 is 1.09 bits per heavy atom. The molecule has 0 atom stereocenters. The quantitative estimate of drug-likeness (QED) is 0.541. The van der Waals surface area contributed by atoms with Crippen LogP contribution >= 0.6 is 0 Å². The van der Waals surface area contributed by atoms with Gasteiger partial charge in [0.2, 0.25) is 17.7 Å². The monoisotopic (exact) mass is 309 g/mol. The lowest BCUT2D eigenvalue weighted by molar-refractivity contribution is 0.0361. The van der Waals surface area contributed by atoms with Crippen LogP contribution in [0.5, 0.6) is 17.5 Å². The minimum absolute atomic E-state index is 0.343. The molecule has 0 amide bonds. The average molecular weight is 309 g/mol. The molecule has 10 nitrogen and oxygen atoms in total. The molecule has 0 spiro atoms. The summed E-state index contributed by atoms with van der Waals surface area (Å²) in [7, 11) is 0. The molecule has 10 heteroatoms. The summed E-state index contributed by atoms with van der Waals surface area (Å²) >= 11 is 0. The van der Waals surface area contributed by atoms with Gasteiger partial charge in [0.15, 0.2) is 5.69 Å². The normalized spacial score (nSPS) is 10.4. The summed E-state index contributed by atoms with van der Waals surface area (Å²) in [5.41, 5.74) is 3.46. The Kier molecular flexibility index (Phi) is 3.86. The number of aromatic hydroxyl groups is 3. The molecule has 5 N–H and O–H groups in total. The molecule has 0 aliphatic carbocycles. The highest BCUT2D eigenvalue weighted by Gasteiger charge is 2.25. The lowest BCUT2D eigenvalue weighted by atomic mass is 10.3. The van der Waals surface area contributed by atoms with Crippen molar-refractivity contribution >= 4 is 11.9 Å². The summed E-state index contributed by atoms with van der Waals surface area (Å²) in [5, 5.41) is 28.5. The predicted octanol–water partition coefficient (Wildman–Crippen LogP) is -1.37. The Labute approximate surface area is 122 Å². The standard InChI is InChI=1S/C12H11N3O7/c13-5-10(20)14-7(17)2-1-6(16)11(14)12(21)22-15-8(18)3-4-9(15)19/h1-4,16,18-19H,5,13H2. The molecule has 2 aromatic heterocycles. The molecular formula is C12H11N3O7. The maximum absolute atomic E-state index is 12.1. The Balaban J connectivity index is 2.52. The van der Waals surface area contributed by atoms with Crippen LogP contribution in [0.3, 0.4) is 0 Å². The molecule has 0 aliphatic rings. The van der Waals surface area contributed by atoms with Gasteiger partial charge in [0.25, 0.3) is 5.56 Å². The van der Waals surface area contributed by atoms with Gasteiger partial charge in [-0.15, -0.1) is 4.73 Å². The Morgan fingerprint density at radius 2 is 1.68 bits per heavy atom. The zero-order valence-electron chi connectivity index (χ0n) is 11.0. The first kappa shape index (κ1) is 15.1. The summed E-state index contributed by atoms with van der Waals surface area (Å²) in [5.74, 6) is -4.24. The van der Waals surface area contributed by atoms with E-state index in [1.807, 2.05) is 0 Å². The predicted molar refractivity (Wildman–Crippen MR) is 70.7 cm³/mol. The van der Waals surface area contributed by atoms with Crippen LogP contribution < -0.4 is 16.1 Å². The van der Waals surface area contributed by atoms with Crippen molar-refractivity contribution in [1.29, 1.82) is 0 Å².